The molecular weight excluding hydrogens is 296 g/mol. The van der Waals surface area contributed by atoms with Crippen molar-refractivity contribution in [3.63, 3.8) is 0 Å². The average Bonchev–Trinajstić information content (AvgIpc) is 2.89. The fraction of sp³-hybridized carbons (Fsp3) is 0.952. The molecule has 4 rings (SSSR count). The van der Waals surface area contributed by atoms with Crippen LogP contribution in [0.2, 0.25) is 0 Å². The van der Waals surface area contributed by atoms with Crippen LogP contribution < -0.4 is 5.73 Å². The number of carbonyl (C=O) groups excluding carboxylic acids is 1. The van der Waals surface area contributed by atoms with Gasteiger partial charge in [-0.25, -0.2) is 0 Å². The Morgan fingerprint density at radius 1 is 1.04 bits per heavy atom. The molecule has 1 aliphatic heterocycles. The normalized spacial score (nSPS) is 52.5. The van der Waals surface area contributed by atoms with E-state index in [1.54, 1.807) is 0 Å². The Balaban J connectivity index is 1.63. The number of rotatable bonds is 1. The SMILES string of the molecule is CC(N)[C@H]1CC[C@H]2[C@@H]3CC[C@H]4N(C)C(=O)CC[C@]4(C)[C@H]3CC[C@]12C. The summed E-state index contributed by atoms with van der Waals surface area (Å²) in [6.45, 7) is 7.29. The molecule has 1 unspecified atom stereocenters. The first kappa shape index (κ1) is 16.9. The van der Waals surface area contributed by atoms with Crippen molar-refractivity contribution in [1.82, 2.24) is 4.90 Å². The van der Waals surface area contributed by atoms with Gasteiger partial charge in [-0.05, 0) is 86.4 Å². The van der Waals surface area contributed by atoms with Gasteiger partial charge in [-0.1, -0.05) is 13.8 Å². The van der Waals surface area contributed by atoms with Crippen molar-refractivity contribution >= 4 is 5.91 Å². The largest absolute Gasteiger partial charge is 0.342 e. The zero-order valence-corrected chi connectivity index (χ0v) is 16.1. The van der Waals surface area contributed by atoms with E-state index in [9.17, 15) is 4.79 Å². The molecule has 0 radical (unpaired) electrons. The first-order chi connectivity index (χ1) is 11.3. The Labute approximate surface area is 147 Å². The summed E-state index contributed by atoms with van der Waals surface area (Å²) in [5.74, 6) is 3.64. The van der Waals surface area contributed by atoms with Gasteiger partial charge in [0.2, 0.25) is 5.91 Å². The van der Waals surface area contributed by atoms with Crippen molar-refractivity contribution in [3.05, 3.63) is 0 Å². The molecule has 4 fully saturated rings. The minimum atomic E-state index is 0.335. The zero-order valence-electron chi connectivity index (χ0n) is 16.1. The van der Waals surface area contributed by atoms with Gasteiger partial charge in [0.05, 0.1) is 0 Å². The predicted molar refractivity (Wildman–Crippen MR) is 97.3 cm³/mol. The summed E-state index contributed by atoms with van der Waals surface area (Å²) >= 11 is 0. The summed E-state index contributed by atoms with van der Waals surface area (Å²) in [4.78, 5) is 14.3. The lowest BCUT2D eigenvalue weighted by Crippen LogP contribution is -2.61. The Morgan fingerprint density at radius 3 is 2.46 bits per heavy atom. The van der Waals surface area contributed by atoms with Gasteiger partial charge in [0.1, 0.15) is 0 Å². The van der Waals surface area contributed by atoms with Crippen molar-refractivity contribution < 1.29 is 4.79 Å². The van der Waals surface area contributed by atoms with Crippen LogP contribution in [0.1, 0.15) is 72.1 Å². The maximum absolute atomic E-state index is 12.2. The fourth-order valence-corrected chi connectivity index (χ4v) is 8.05. The van der Waals surface area contributed by atoms with Gasteiger partial charge in [0.15, 0.2) is 0 Å². The summed E-state index contributed by atoms with van der Waals surface area (Å²) in [6.07, 6.45) is 9.85. The van der Waals surface area contributed by atoms with Crippen LogP contribution in [0.25, 0.3) is 0 Å². The van der Waals surface area contributed by atoms with Crippen LogP contribution in [-0.4, -0.2) is 29.9 Å². The first-order valence-electron chi connectivity index (χ1n) is 10.3. The maximum Gasteiger partial charge on any atom is 0.222 e. The lowest BCUT2D eigenvalue weighted by Gasteiger charge is -2.62. The molecule has 3 heteroatoms. The number of likely N-dealkylation sites (tertiary alicyclic amines) is 1. The average molecular weight is 333 g/mol. The van der Waals surface area contributed by atoms with Crippen LogP contribution in [0.4, 0.5) is 0 Å². The van der Waals surface area contributed by atoms with E-state index in [2.05, 4.69) is 32.7 Å². The number of carbonyl (C=O) groups is 1. The van der Waals surface area contributed by atoms with Gasteiger partial charge in [-0.3, -0.25) is 4.79 Å². The highest BCUT2D eigenvalue weighted by atomic mass is 16.2. The van der Waals surface area contributed by atoms with E-state index in [-0.39, 0.29) is 0 Å². The van der Waals surface area contributed by atoms with Gasteiger partial charge >= 0.3 is 0 Å². The summed E-state index contributed by atoms with van der Waals surface area (Å²) < 4.78 is 0. The maximum atomic E-state index is 12.2. The second kappa shape index (κ2) is 5.46. The minimum Gasteiger partial charge on any atom is -0.342 e. The summed E-state index contributed by atoms with van der Waals surface area (Å²) in [5.41, 5.74) is 7.19. The Kier molecular flexibility index (Phi) is 3.84. The number of hydrogen-bond acceptors (Lipinski definition) is 2. The molecule has 1 saturated heterocycles. The number of amides is 1. The van der Waals surface area contributed by atoms with Crippen molar-refractivity contribution in [2.75, 3.05) is 7.05 Å². The molecule has 0 bridgehead atoms. The highest BCUT2D eigenvalue weighted by Crippen LogP contribution is 2.66. The van der Waals surface area contributed by atoms with Crippen molar-refractivity contribution in [2.24, 2.45) is 40.2 Å². The second-order valence-corrected chi connectivity index (χ2v) is 10.1. The molecule has 136 valence electrons. The molecule has 0 aromatic heterocycles. The van der Waals surface area contributed by atoms with Crippen LogP contribution in [-0.2, 0) is 4.79 Å². The number of fused-ring (bicyclic) bond motifs is 5. The third-order valence-corrected chi connectivity index (χ3v) is 9.27. The molecule has 8 atom stereocenters. The van der Waals surface area contributed by atoms with Crippen molar-refractivity contribution in [3.8, 4) is 0 Å². The smallest absolute Gasteiger partial charge is 0.222 e. The molecule has 3 saturated carbocycles. The predicted octanol–water partition coefficient (Wildman–Crippen LogP) is 3.81. The lowest BCUT2D eigenvalue weighted by molar-refractivity contribution is -0.158. The summed E-state index contributed by atoms with van der Waals surface area (Å²) in [6, 6.07) is 0.817. The van der Waals surface area contributed by atoms with Crippen molar-refractivity contribution in [2.45, 2.75) is 84.2 Å². The zero-order chi connectivity index (χ0) is 17.3. The number of nitrogens with two attached hydrogens (primary N) is 1. The van der Waals surface area contributed by atoms with Gasteiger partial charge < -0.3 is 10.6 Å². The monoisotopic (exact) mass is 332 g/mol. The van der Waals surface area contributed by atoms with E-state index in [0.717, 1.165) is 30.6 Å². The molecule has 4 aliphatic rings. The minimum absolute atomic E-state index is 0.335. The van der Waals surface area contributed by atoms with E-state index in [0.29, 0.717) is 34.7 Å². The van der Waals surface area contributed by atoms with Gasteiger partial charge in [-0.15, -0.1) is 0 Å². The molecule has 2 N–H and O–H groups in total. The highest BCUT2D eigenvalue weighted by Gasteiger charge is 2.61. The molecule has 0 spiro atoms. The first-order valence-corrected chi connectivity index (χ1v) is 10.3. The Hall–Kier alpha value is -0.570. The molecule has 1 heterocycles. The molecule has 3 nitrogen and oxygen atoms in total. The molecule has 24 heavy (non-hydrogen) atoms. The van der Waals surface area contributed by atoms with Crippen molar-refractivity contribution in [1.29, 1.82) is 0 Å². The van der Waals surface area contributed by atoms with Crippen LogP contribution >= 0.6 is 0 Å². The summed E-state index contributed by atoms with van der Waals surface area (Å²) in [5, 5.41) is 0. The second-order valence-electron chi connectivity index (χ2n) is 10.1. The lowest BCUT2D eigenvalue weighted by atomic mass is 9.46. The molecule has 0 aromatic rings. The van der Waals surface area contributed by atoms with Gasteiger partial charge in [0, 0.05) is 25.6 Å². The molecular formula is C21H36N2O. The number of hydrogen-bond donors (Lipinski definition) is 1. The fourth-order valence-electron chi connectivity index (χ4n) is 8.05. The van der Waals surface area contributed by atoms with Crippen LogP contribution in [0, 0.1) is 34.5 Å². The van der Waals surface area contributed by atoms with Crippen LogP contribution in [0.3, 0.4) is 0 Å². The molecule has 0 aromatic carbocycles. The third kappa shape index (κ3) is 2.09. The van der Waals surface area contributed by atoms with E-state index in [1.165, 1.54) is 38.5 Å². The number of piperidine rings is 1. The standard InChI is InChI=1S/C21H36N2O/c1-13(22)15-6-7-16-14-5-8-18-21(3,12-10-19(24)23(18)4)17(14)9-11-20(15,16)2/h13-18H,5-12,22H2,1-4H3/t13?,14-,15+,16-,17-,18+,20+,21+/m0/s1. The quantitative estimate of drug-likeness (QED) is 0.793. The van der Waals surface area contributed by atoms with E-state index in [1.807, 2.05) is 0 Å². The summed E-state index contributed by atoms with van der Waals surface area (Å²) in [7, 11) is 2.05. The van der Waals surface area contributed by atoms with Crippen LogP contribution in [0.5, 0.6) is 0 Å². The van der Waals surface area contributed by atoms with Gasteiger partial charge in [-0.2, -0.15) is 0 Å². The van der Waals surface area contributed by atoms with E-state index in [4.69, 9.17) is 5.73 Å². The van der Waals surface area contributed by atoms with E-state index >= 15 is 0 Å². The Bertz CT molecular complexity index is 532. The Morgan fingerprint density at radius 2 is 1.75 bits per heavy atom. The molecule has 1 amide bonds. The highest BCUT2D eigenvalue weighted by molar-refractivity contribution is 5.77. The van der Waals surface area contributed by atoms with Crippen LogP contribution in [0.15, 0.2) is 0 Å². The van der Waals surface area contributed by atoms with E-state index < -0.39 is 0 Å². The molecule has 3 aliphatic carbocycles. The topological polar surface area (TPSA) is 46.3 Å². The third-order valence-electron chi connectivity index (χ3n) is 9.27. The van der Waals surface area contributed by atoms with Gasteiger partial charge in [0.25, 0.3) is 0 Å². The number of nitrogens with zero attached hydrogens (tertiary/aromatic N) is 1.